The number of rotatable bonds is 5. The Labute approximate surface area is 173 Å². The van der Waals surface area contributed by atoms with E-state index < -0.39 is 18.5 Å². The van der Waals surface area contributed by atoms with Crippen LogP contribution in [0.5, 0.6) is 0 Å². The number of ether oxygens (including phenoxy) is 1. The van der Waals surface area contributed by atoms with Crippen molar-refractivity contribution < 1.29 is 19.1 Å². The van der Waals surface area contributed by atoms with E-state index >= 15 is 0 Å². The Kier molecular flexibility index (Phi) is 5.65. The minimum Gasteiger partial charge on any atom is -0.451 e. The second-order valence-electron chi connectivity index (χ2n) is 6.84. The molecule has 30 heavy (non-hydrogen) atoms. The van der Waals surface area contributed by atoms with Gasteiger partial charge in [-0.05, 0) is 17.7 Å². The Bertz CT molecular complexity index is 1020. The number of anilines is 1. The van der Waals surface area contributed by atoms with E-state index in [0.717, 1.165) is 11.3 Å². The lowest BCUT2D eigenvalue weighted by Gasteiger charge is -2.22. The van der Waals surface area contributed by atoms with Crippen LogP contribution in [0.25, 0.3) is 0 Å². The molecule has 0 unspecified atom stereocenters. The van der Waals surface area contributed by atoms with Crippen LogP contribution in [0.2, 0.25) is 0 Å². The maximum Gasteiger partial charge on any atom is 0.355 e. The molecule has 2 aromatic rings. The highest BCUT2D eigenvalue weighted by Crippen LogP contribution is 2.20. The van der Waals surface area contributed by atoms with Crippen LogP contribution in [0.15, 0.2) is 70.9 Å². The summed E-state index contributed by atoms with van der Waals surface area (Å²) in [6.45, 7) is 0.0144. The van der Waals surface area contributed by atoms with Crippen molar-refractivity contribution in [3.63, 3.8) is 0 Å². The van der Waals surface area contributed by atoms with Gasteiger partial charge in [0.2, 0.25) is 5.91 Å². The fourth-order valence-electron chi connectivity index (χ4n) is 3.23. The van der Waals surface area contributed by atoms with Crippen molar-refractivity contribution in [3.05, 3.63) is 66.2 Å². The first-order valence-corrected chi connectivity index (χ1v) is 9.68. The molecule has 0 saturated heterocycles. The van der Waals surface area contributed by atoms with E-state index in [-0.39, 0.29) is 24.5 Å². The monoisotopic (exact) mass is 404 g/mol. The number of hydrogen-bond donors (Lipinski definition) is 0. The maximum atomic E-state index is 12.4. The quantitative estimate of drug-likeness (QED) is 0.715. The van der Waals surface area contributed by atoms with E-state index in [4.69, 9.17) is 4.74 Å². The zero-order valence-electron chi connectivity index (χ0n) is 16.2. The van der Waals surface area contributed by atoms with E-state index in [2.05, 4.69) is 10.2 Å². The van der Waals surface area contributed by atoms with Crippen molar-refractivity contribution in [1.29, 1.82) is 0 Å². The van der Waals surface area contributed by atoms with Crippen molar-refractivity contribution >= 4 is 34.9 Å². The minimum absolute atomic E-state index is 0.112. The highest BCUT2D eigenvalue weighted by molar-refractivity contribution is 6.38. The fourth-order valence-corrected chi connectivity index (χ4v) is 3.23. The van der Waals surface area contributed by atoms with Crippen LogP contribution in [0.1, 0.15) is 24.8 Å². The van der Waals surface area contributed by atoms with Gasteiger partial charge in [-0.3, -0.25) is 9.59 Å². The second-order valence-corrected chi connectivity index (χ2v) is 6.84. The van der Waals surface area contributed by atoms with Gasteiger partial charge in [0.15, 0.2) is 6.61 Å². The summed E-state index contributed by atoms with van der Waals surface area (Å²) in [5.41, 5.74) is 2.47. The summed E-state index contributed by atoms with van der Waals surface area (Å²) in [6, 6.07) is 18.5. The molecule has 8 heteroatoms. The molecule has 2 aliphatic heterocycles. The minimum atomic E-state index is -0.705. The number of benzene rings is 2. The summed E-state index contributed by atoms with van der Waals surface area (Å²) in [6.07, 6.45) is 0.966. The van der Waals surface area contributed by atoms with Gasteiger partial charge in [-0.1, -0.05) is 48.5 Å². The largest absolute Gasteiger partial charge is 0.451 e. The van der Waals surface area contributed by atoms with Crippen LogP contribution in [0, 0.1) is 0 Å². The van der Waals surface area contributed by atoms with E-state index in [9.17, 15) is 14.4 Å². The molecule has 0 fully saturated rings. The lowest BCUT2D eigenvalue weighted by atomic mass is 10.1. The van der Waals surface area contributed by atoms with E-state index in [1.54, 1.807) is 24.3 Å². The smallest absolute Gasteiger partial charge is 0.355 e. The van der Waals surface area contributed by atoms with Crippen molar-refractivity contribution in [1.82, 2.24) is 5.01 Å². The molecule has 8 nitrogen and oxygen atoms in total. The topological polar surface area (TPSA) is 91.6 Å². The summed E-state index contributed by atoms with van der Waals surface area (Å²) in [5, 5.41) is 11.0. The fraction of sp³-hybridized carbons (Fsp3) is 0.227. The van der Waals surface area contributed by atoms with Crippen LogP contribution in [-0.2, 0) is 19.1 Å². The normalized spacial score (nSPS) is 16.2. The van der Waals surface area contributed by atoms with Crippen molar-refractivity contribution in [2.45, 2.75) is 19.3 Å². The lowest BCUT2D eigenvalue weighted by Crippen LogP contribution is -2.36. The van der Waals surface area contributed by atoms with E-state index in [1.165, 1.54) is 10.0 Å². The third-order valence-corrected chi connectivity index (χ3v) is 4.79. The van der Waals surface area contributed by atoms with Crippen molar-refractivity contribution in [3.8, 4) is 0 Å². The number of amides is 2. The standard InChI is InChI=1S/C22H20N4O4/c27-20-12-11-19(24-26(20)17-9-5-2-6-10-17)22(29)30-15-21(28)25-14-13-18(23-25)16-7-3-1-4-8-16/h1-10H,11-15H2. The molecule has 4 rings (SSSR count). The highest BCUT2D eigenvalue weighted by Gasteiger charge is 2.28. The molecule has 0 bridgehead atoms. The number of nitrogens with zero attached hydrogens (tertiary/aromatic N) is 4. The predicted octanol–water partition coefficient (Wildman–Crippen LogP) is 2.35. The molecule has 152 valence electrons. The van der Waals surface area contributed by atoms with E-state index in [0.29, 0.717) is 18.7 Å². The maximum absolute atomic E-state index is 12.4. The molecule has 0 saturated carbocycles. The first-order chi connectivity index (χ1) is 14.6. The molecular formula is C22H20N4O4. The summed E-state index contributed by atoms with van der Waals surface area (Å²) < 4.78 is 5.15. The average Bonchev–Trinajstić information content (AvgIpc) is 3.29. The molecule has 0 spiro atoms. The Morgan fingerprint density at radius 2 is 1.60 bits per heavy atom. The van der Waals surface area contributed by atoms with Crippen LogP contribution in [-0.4, -0.2) is 47.4 Å². The molecule has 0 N–H and O–H groups in total. The summed E-state index contributed by atoms with van der Waals surface area (Å²) in [5.74, 6) is -1.31. The molecule has 0 aliphatic carbocycles. The van der Waals surface area contributed by atoms with Crippen LogP contribution >= 0.6 is 0 Å². The molecule has 2 aromatic carbocycles. The zero-order chi connectivity index (χ0) is 20.9. The van der Waals surface area contributed by atoms with Gasteiger partial charge in [-0.15, -0.1) is 0 Å². The lowest BCUT2D eigenvalue weighted by molar-refractivity contribution is -0.146. The predicted molar refractivity (Wildman–Crippen MR) is 111 cm³/mol. The van der Waals surface area contributed by atoms with Gasteiger partial charge < -0.3 is 4.74 Å². The molecule has 0 radical (unpaired) electrons. The highest BCUT2D eigenvalue weighted by atomic mass is 16.5. The SMILES string of the molecule is O=C(OCC(=O)N1CCC(c2ccccc2)=N1)C1=NN(c2ccccc2)C(=O)CC1. The second kappa shape index (κ2) is 8.69. The molecule has 0 atom stereocenters. The number of esters is 1. The molecule has 2 amide bonds. The van der Waals surface area contributed by atoms with Gasteiger partial charge in [0.25, 0.3) is 5.91 Å². The zero-order valence-corrected chi connectivity index (χ0v) is 16.2. The van der Waals surface area contributed by atoms with Crippen LogP contribution in [0.4, 0.5) is 5.69 Å². The summed E-state index contributed by atoms with van der Waals surface area (Å²) in [7, 11) is 0. The van der Waals surface area contributed by atoms with Gasteiger partial charge in [0.1, 0.15) is 5.71 Å². The third-order valence-electron chi connectivity index (χ3n) is 4.79. The van der Waals surface area contributed by atoms with Gasteiger partial charge in [-0.25, -0.2) is 14.8 Å². The number of hydrogen-bond acceptors (Lipinski definition) is 6. The van der Waals surface area contributed by atoms with Gasteiger partial charge in [-0.2, -0.15) is 10.2 Å². The molecular weight excluding hydrogens is 384 g/mol. The Balaban J connectivity index is 1.37. The first kappa shape index (κ1) is 19.5. The van der Waals surface area contributed by atoms with Crippen molar-refractivity contribution in [2.24, 2.45) is 10.2 Å². The Hall–Kier alpha value is -3.81. The molecule has 0 aromatic heterocycles. The number of hydrazone groups is 2. The average molecular weight is 404 g/mol. The van der Waals surface area contributed by atoms with Gasteiger partial charge in [0, 0.05) is 19.3 Å². The molecule has 2 heterocycles. The summed E-state index contributed by atoms with van der Waals surface area (Å²) in [4.78, 5) is 36.9. The van der Waals surface area contributed by atoms with Crippen molar-refractivity contribution in [2.75, 3.05) is 18.2 Å². The third kappa shape index (κ3) is 4.27. The Morgan fingerprint density at radius 3 is 2.33 bits per heavy atom. The van der Waals surface area contributed by atoms with Gasteiger partial charge >= 0.3 is 5.97 Å². The number of para-hydroxylation sites is 1. The number of carbonyl (C=O) groups is 3. The summed E-state index contributed by atoms with van der Waals surface area (Å²) >= 11 is 0. The number of carbonyl (C=O) groups excluding carboxylic acids is 3. The van der Waals surface area contributed by atoms with Crippen LogP contribution < -0.4 is 5.01 Å². The van der Waals surface area contributed by atoms with Crippen LogP contribution in [0.3, 0.4) is 0 Å². The van der Waals surface area contributed by atoms with Gasteiger partial charge in [0.05, 0.1) is 17.9 Å². The molecule has 2 aliphatic rings. The van der Waals surface area contributed by atoms with E-state index in [1.807, 2.05) is 36.4 Å². The first-order valence-electron chi connectivity index (χ1n) is 9.68. The Morgan fingerprint density at radius 1 is 0.900 bits per heavy atom.